The Kier molecular flexibility index (Phi) is 4.30. The fourth-order valence-corrected chi connectivity index (χ4v) is 1.11. The molecule has 2 N–H and O–H groups in total. The van der Waals surface area contributed by atoms with E-state index in [0.717, 1.165) is 0 Å². The van der Waals surface area contributed by atoms with Crippen molar-refractivity contribution in [2.24, 2.45) is 5.92 Å². The quantitative estimate of drug-likeness (QED) is 0.758. The first-order chi connectivity index (χ1) is 7.17. The maximum atomic E-state index is 9.13. The summed E-state index contributed by atoms with van der Waals surface area (Å²) >= 11 is 0. The number of aliphatic hydroxyl groups excluding tert-OH is 1. The predicted octanol–water partition coefficient (Wildman–Crippen LogP) is 0.914. The van der Waals surface area contributed by atoms with Crippen LogP contribution < -0.4 is 10.1 Å². The third-order valence-electron chi connectivity index (χ3n) is 2.16. The van der Waals surface area contributed by atoms with E-state index in [1.165, 1.54) is 0 Å². The van der Waals surface area contributed by atoms with Crippen LogP contribution in [0.2, 0.25) is 0 Å². The number of anilines is 1. The average molecular weight is 211 g/mol. The Balaban J connectivity index is 2.70. The molecule has 0 spiro atoms. The van der Waals surface area contributed by atoms with Gasteiger partial charge in [0.1, 0.15) is 0 Å². The molecule has 1 heterocycles. The van der Waals surface area contributed by atoms with E-state index in [0.29, 0.717) is 17.7 Å². The Morgan fingerprint density at radius 1 is 1.53 bits per heavy atom. The lowest BCUT2D eigenvalue weighted by Gasteiger charge is -2.19. The molecule has 0 aromatic carbocycles. The molecule has 0 fully saturated rings. The molecular weight excluding hydrogens is 194 g/mol. The van der Waals surface area contributed by atoms with Gasteiger partial charge in [-0.25, -0.2) is 4.98 Å². The van der Waals surface area contributed by atoms with Crippen LogP contribution in [0.15, 0.2) is 12.3 Å². The molecule has 5 nitrogen and oxygen atoms in total. The molecule has 0 bridgehead atoms. The fourth-order valence-electron chi connectivity index (χ4n) is 1.11. The van der Waals surface area contributed by atoms with E-state index in [1.54, 1.807) is 19.4 Å². The average Bonchev–Trinajstić information content (AvgIpc) is 2.25. The summed E-state index contributed by atoms with van der Waals surface area (Å²) in [5.74, 6) is 1.29. The summed E-state index contributed by atoms with van der Waals surface area (Å²) in [7, 11) is 1.55. The second-order valence-electron chi connectivity index (χ2n) is 3.60. The van der Waals surface area contributed by atoms with E-state index < -0.39 is 0 Å². The molecule has 0 amide bonds. The summed E-state index contributed by atoms with van der Waals surface area (Å²) < 4.78 is 4.98. The normalized spacial score (nSPS) is 12.6. The second kappa shape index (κ2) is 5.50. The molecule has 0 aliphatic rings. The highest BCUT2D eigenvalue weighted by molar-refractivity contribution is 5.28. The van der Waals surface area contributed by atoms with Crippen molar-refractivity contribution in [3.8, 4) is 5.88 Å². The lowest BCUT2D eigenvalue weighted by molar-refractivity contribution is 0.248. The lowest BCUT2D eigenvalue weighted by Crippen LogP contribution is -2.30. The van der Waals surface area contributed by atoms with Crippen LogP contribution in [0.25, 0.3) is 0 Å². The van der Waals surface area contributed by atoms with Crippen LogP contribution in [0.5, 0.6) is 5.88 Å². The van der Waals surface area contributed by atoms with Gasteiger partial charge in [-0.2, -0.15) is 4.98 Å². The van der Waals surface area contributed by atoms with Crippen LogP contribution in [0.3, 0.4) is 0 Å². The van der Waals surface area contributed by atoms with Crippen molar-refractivity contribution in [2.45, 2.75) is 19.9 Å². The minimum atomic E-state index is -0.0443. The Bertz CT molecular complexity index is 304. The number of aliphatic hydroxyl groups is 1. The van der Waals surface area contributed by atoms with Gasteiger partial charge in [-0.05, 0) is 5.92 Å². The summed E-state index contributed by atoms with van der Waals surface area (Å²) in [5.41, 5.74) is 0. The summed E-state index contributed by atoms with van der Waals surface area (Å²) in [4.78, 5) is 8.15. The number of nitrogens with zero attached hydrogens (tertiary/aromatic N) is 2. The minimum Gasteiger partial charge on any atom is -0.481 e. The van der Waals surface area contributed by atoms with Gasteiger partial charge in [0.15, 0.2) is 0 Å². The van der Waals surface area contributed by atoms with Crippen molar-refractivity contribution >= 4 is 5.95 Å². The van der Waals surface area contributed by atoms with E-state index in [1.807, 2.05) is 13.8 Å². The number of methoxy groups -OCH3 is 1. The zero-order valence-electron chi connectivity index (χ0n) is 9.27. The number of hydrogen-bond donors (Lipinski definition) is 2. The molecule has 1 aromatic heterocycles. The number of nitrogens with one attached hydrogen (secondary N) is 1. The third kappa shape index (κ3) is 3.36. The zero-order valence-corrected chi connectivity index (χ0v) is 9.27. The van der Waals surface area contributed by atoms with Gasteiger partial charge in [0.05, 0.1) is 19.8 Å². The first-order valence-electron chi connectivity index (χ1n) is 4.91. The molecule has 0 radical (unpaired) electrons. The second-order valence-corrected chi connectivity index (χ2v) is 3.60. The van der Waals surface area contributed by atoms with Gasteiger partial charge >= 0.3 is 0 Å². The van der Waals surface area contributed by atoms with E-state index in [-0.39, 0.29) is 12.6 Å². The molecule has 0 saturated carbocycles. The van der Waals surface area contributed by atoms with Gasteiger partial charge in [0, 0.05) is 12.3 Å². The molecule has 1 atom stereocenters. The zero-order chi connectivity index (χ0) is 11.3. The smallest absolute Gasteiger partial charge is 0.226 e. The highest BCUT2D eigenvalue weighted by Gasteiger charge is 2.13. The molecule has 0 saturated heterocycles. The van der Waals surface area contributed by atoms with Crippen LogP contribution in [0.4, 0.5) is 5.95 Å². The van der Waals surface area contributed by atoms with Gasteiger partial charge < -0.3 is 15.2 Å². The molecule has 15 heavy (non-hydrogen) atoms. The fraction of sp³-hybridized carbons (Fsp3) is 0.600. The van der Waals surface area contributed by atoms with Crippen molar-refractivity contribution in [1.82, 2.24) is 9.97 Å². The van der Waals surface area contributed by atoms with Gasteiger partial charge in [-0.3, -0.25) is 0 Å². The minimum absolute atomic E-state index is 0.0443. The van der Waals surface area contributed by atoms with Crippen molar-refractivity contribution in [3.63, 3.8) is 0 Å². The summed E-state index contributed by atoms with van der Waals surface area (Å²) in [6.07, 6.45) is 1.61. The standard InChI is InChI=1S/C10H17N3O2/c1-7(2)8(6-14)12-10-11-5-4-9(13-10)15-3/h4-5,7-8,14H,6H2,1-3H3,(H,11,12,13). The predicted molar refractivity (Wildman–Crippen MR) is 57.9 cm³/mol. The van der Waals surface area contributed by atoms with E-state index in [4.69, 9.17) is 9.84 Å². The summed E-state index contributed by atoms with van der Waals surface area (Å²) in [6, 6.07) is 1.63. The lowest BCUT2D eigenvalue weighted by atomic mass is 10.1. The molecule has 5 heteroatoms. The van der Waals surface area contributed by atoms with Crippen LogP contribution in [-0.2, 0) is 0 Å². The van der Waals surface area contributed by atoms with Crippen molar-refractivity contribution in [1.29, 1.82) is 0 Å². The first kappa shape index (κ1) is 11.7. The molecule has 84 valence electrons. The van der Waals surface area contributed by atoms with Gasteiger partial charge in [0.2, 0.25) is 11.8 Å². The number of aromatic nitrogens is 2. The number of ether oxygens (including phenoxy) is 1. The maximum absolute atomic E-state index is 9.13. The Morgan fingerprint density at radius 2 is 2.27 bits per heavy atom. The highest BCUT2D eigenvalue weighted by atomic mass is 16.5. The molecule has 1 rings (SSSR count). The van der Waals surface area contributed by atoms with Gasteiger partial charge in [-0.15, -0.1) is 0 Å². The molecular formula is C10H17N3O2. The third-order valence-corrected chi connectivity index (χ3v) is 2.16. The number of hydrogen-bond acceptors (Lipinski definition) is 5. The molecule has 1 aromatic rings. The van der Waals surface area contributed by atoms with E-state index >= 15 is 0 Å². The van der Waals surface area contributed by atoms with Crippen molar-refractivity contribution in [3.05, 3.63) is 12.3 Å². The summed E-state index contributed by atoms with van der Waals surface area (Å²) in [5, 5.41) is 12.2. The molecule has 0 aliphatic carbocycles. The van der Waals surface area contributed by atoms with Crippen LogP contribution in [0.1, 0.15) is 13.8 Å². The maximum Gasteiger partial charge on any atom is 0.226 e. The Morgan fingerprint density at radius 3 is 2.80 bits per heavy atom. The molecule has 1 unspecified atom stereocenters. The monoisotopic (exact) mass is 211 g/mol. The Hall–Kier alpha value is -1.36. The first-order valence-corrected chi connectivity index (χ1v) is 4.91. The Labute approximate surface area is 89.5 Å². The van der Waals surface area contributed by atoms with Crippen LogP contribution in [0, 0.1) is 5.92 Å². The largest absolute Gasteiger partial charge is 0.481 e. The highest BCUT2D eigenvalue weighted by Crippen LogP contribution is 2.11. The number of rotatable bonds is 5. The van der Waals surface area contributed by atoms with Crippen LogP contribution in [-0.4, -0.2) is 34.8 Å². The van der Waals surface area contributed by atoms with Crippen molar-refractivity contribution in [2.75, 3.05) is 19.0 Å². The SMILES string of the molecule is COc1ccnc(NC(CO)C(C)C)n1. The van der Waals surface area contributed by atoms with Gasteiger partial charge in [0.25, 0.3) is 0 Å². The van der Waals surface area contributed by atoms with Crippen LogP contribution >= 0.6 is 0 Å². The van der Waals surface area contributed by atoms with E-state index in [9.17, 15) is 0 Å². The molecule has 0 aliphatic heterocycles. The van der Waals surface area contributed by atoms with Gasteiger partial charge in [-0.1, -0.05) is 13.8 Å². The summed E-state index contributed by atoms with van der Waals surface area (Å²) in [6.45, 7) is 4.10. The van der Waals surface area contributed by atoms with Crippen molar-refractivity contribution < 1.29 is 9.84 Å². The van der Waals surface area contributed by atoms with E-state index in [2.05, 4.69) is 15.3 Å². The topological polar surface area (TPSA) is 67.3 Å².